The molecule has 0 spiro atoms. The first-order valence-electron chi connectivity index (χ1n) is 3.61. The highest BCUT2D eigenvalue weighted by molar-refractivity contribution is 5.90. The summed E-state index contributed by atoms with van der Waals surface area (Å²) in [6, 6.07) is 0. The summed E-state index contributed by atoms with van der Waals surface area (Å²) in [5, 5.41) is 35.6. The number of hydrogen-bond donors (Lipinski definition) is 4. The molecule has 76 valence electrons. The zero-order valence-corrected chi connectivity index (χ0v) is 7.31. The van der Waals surface area contributed by atoms with E-state index in [-0.39, 0.29) is 0 Å². The third-order valence-corrected chi connectivity index (χ3v) is 2.09. The number of carbonyl (C=O) groups is 2. The highest BCUT2D eigenvalue weighted by Crippen LogP contribution is 2.26. The van der Waals surface area contributed by atoms with Crippen LogP contribution in [0.3, 0.4) is 0 Å². The van der Waals surface area contributed by atoms with Crippen molar-refractivity contribution in [2.24, 2.45) is 0 Å². The van der Waals surface area contributed by atoms with Gasteiger partial charge in [-0.1, -0.05) is 6.92 Å². The van der Waals surface area contributed by atoms with Gasteiger partial charge in [-0.15, -0.1) is 0 Å². The molecule has 0 bridgehead atoms. The van der Waals surface area contributed by atoms with E-state index in [1.807, 2.05) is 0 Å². The number of aliphatic hydroxyl groups is 2. The minimum atomic E-state index is -2.70. The Bertz CT molecular complexity index is 233. The second-order valence-corrected chi connectivity index (χ2v) is 2.90. The van der Waals surface area contributed by atoms with Crippen molar-refractivity contribution in [1.29, 1.82) is 0 Å². The second-order valence-electron chi connectivity index (χ2n) is 2.90. The second kappa shape index (κ2) is 3.31. The van der Waals surface area contributed by atoms with Gasteiger partial charge in [0.25, 0.3) is 0 Å². The summed E-state index contributed by atoms with van der Waals surface area (Å²) in [6.45, 7) is 2.01. The molecule has 0 saturated carbocycles. The van der Waals surface area contributed by atoms with E-state index in [4.69, 9.17) is 10.2 Å². The molecule has 0 amide bonds. The monoisotopic (exact) mass is 192 g/mol. The highest BCUT2D eigenvalue weighted by atomic mass is 16.5. The molecule has 0 aromatic heterocycles. The molecule has 0 fully saturated rings. The van der Waals surface area contributed by atoms with Crippen molar-refractivity contribution in [1.82, 2.24) is 0 Å². The van der Waals surface area contributed by atoms with E-state index in [0.29, 0.717) is 0 Å². The van der Waals surface area contributed by atoms with Crippen LogP contribution in [0.25, 0.3) is 0 Å². The number of carboxylic acid groups (broad SMARTS) is 2. The molecule has 6 nitrogen and oxygen atoms in total. The molecule has 13 heavy (non-hydrogen) atoms. The Morgan fingerprint density at radius 1 is 1.15 bits per heavy atom. The van der Waals surface area contributed by atoms with E-state index in [1.165, 1.54) is 6.92 Å². The van der Waals surface area contributed by atoms with Crippen LogP contribution in [0.2, 0.25) is 0 Å². The zero-order chi connectivity index (χ0) is 10.9. The maximum atomic E-state index is 10.5. The SMILES string of the molecule is CCC(O)(C(=O)O)C(C)(O)C(=O)O. The van der Waals surface area contributed by atoms with Gasteiger partial charge in [-0.2, -0.15) is 0 Å². The van der Waals surface area contributed by atoms with Crippen LogP contribution in [-0.2, 0) is 9.59 Å². The van der Waals surface area contributed by atoms with E-state index in [1.54, 1.807) is 0 Å². The summed E-state index contributed by atoms with van der Waals surface area (Å²) in [4.78, 5) is 21.0. The minimum Gasteiger partial charge on any atom is -0.479 e. The molecule has 0 rings (SSSR count). The van der Waals surface area contributed by atoms with Crippen LogP contribution >= 0.6 is 0 Å². The number of hydrogen-bond acceptors (Lipinski definition) is 4. The van der Waals surface area contributed by atoms with Crippen molar-refractivity contribution in [3.8, 4) is 0 Å². The predicted octanol–water partition coefficient (Wildman–Crippen LogP) is -0.952. The third-order valence-electron chi connectivity index (χ3n) is 2.09. The normalized spacial score (nSPS) is 20.0. The molecule has 0 aliphatic rings. The van der Waals surface area contributed by atoms with Crippen LogP contribution in [0.15, 0.2) is 0 Å². The fraction of sp³-hybridized carbons (Fsp3) is 0.714. The van der Waals surface area contributed by atoms with Crippen molar-refractivity contribution < 1.29 is 30.0 Å². The Balaban J connectivity index is 5.19. The first-order valence-corrected chi connectivity index (χ1v) is 3.61. The molecule has 6 heteroatoms. The molecule has 0 aromatic carbocycles. The molecule has 0 aliphatic carbocycles. The molecule has 0 aromatic rings. The molecule has 0 radical (unpaired) electrons. The Morgan fingerprint density at radius 2 is 1.54 bits per heavy atom. The van der Waals surface area contributed by atoms with E-state index in [2.05, 4.69) is 0 Å². The van der Waals surface area contributed by atoms with Crippen LogP contribution < -0.4 is 0 Å². The Kier molecular flexibility index (Phi) is 3.02. The lowest BCUT2D eigenvalue weighted by atomic mass is 9.82. The fourth-order valence-corrected chi connectivity index (χ4v) is 0.881. The summed E-state index contributed by atoms with van der Waals surface area (Å²) in [5.74, 6) is -3.54. The molecular formula is C7H12O6. The van der Waals surface area contributed by atoms with E-state index < -0.39 is 29.6 Å². The Morgan fingerprint density at radius 3 is 1.62 bits per heavy atom. The molecule has 0 saturated heterocycles. The number of rotatable bonds is 4. The quantitative estimate of drug-likeness (QED) is 0.456. The molecule has 2 unspecified atom stereocenters. The largest absolute Gasteiger partial charge is 0.479 e. The molecule has 4 N–H and O–H groups in total. The molecule has 2 atom stereocenters. The third kappa shape index (κ3) is 1.63. The first kappa shape index (κ1) is 11.9. The van der Waals surface area contributed by atoms with Gasteiger partial charge in [0.05, 0.1) is 0 Å². The summed E-state index contributed by atoms with van der Waals surface area (Å²) in [7, 11) is 0. The van der Waals surface area contributed by atoms with Gasteiger partial charge in [0.15, 0.2) is 5.60 Å². The van der Waals surface area contributed by atoms with Crippen molar-refractivity contribution in [2.75, 3.05) is 0 Å². The van der Waals surface area contributed by atoms with Gasteiger partial charge in [0, 0.05) is 0 Å². The van der Waals surface area contributed by atoms with Crippen LogP contribution in [0.4, 0.5) is 0 Å². The van der Waals surface area contributed by atoms with Gasteiger partial charge >= 0.3 is 11.9 Å². The van der Waals surface area contributed by atoms with E-state index in [9.17, 15) is 19.8 Å². The van der Waals surface area contributed by atoms with E-state index in [0.717, 1.165) is 6.92 Å². The Hall–Kier alpha value is -1.14. The summed E-state index contributed by atoms with van der Waals surface area (Å²) in [6.07, 6.45) is -0.401. The van der Waals surface area contributed by atoms with Crippen LogP contribution in [-0.4, -0.2) is 43.6 Å². The number of aliphatic carboxylic acids is 2. The zero-order valence-electron chi connectivity index (χ0n) is 7.31. The molecule has 0 aliphatic heterocycles. The lowest BCUT2D eigenvalue weighted by Gasteiger charge is -2.33. The molecular weight excluding hydrogens is 180 g/mol. The smallest absolute Gasteiger partial charge is 0.339 e. The van der Waals surface area contributed by atoms with Crippen LogP contribution in [0.1, 0.15) is 20.3 Å². The van der Waals surface area contributed by atoms with Crippen molar-refractivity contribution in [2.45, 2.75) is 31.5 Å². The van der Waals surface area contributed by atoms with Gasteiger partial charge in [-0.25, -0.2) is 9.59 Å². The lowest BCUT2D eigenvalue weighted by Crippen LogP contribution is -2.61. The number of carboxylic acids is 2. The van der Waals surface area contributed by atoms with E-state index >= 15 is 0 Å². The minimum absolute atomic E-state index is 0.401. The lowest BCUT2D eigenvalue weighted by molar-refractivity contribution is -0.203. The standard InChI is InChI=1S/C7H12O6/c1-3-7(13,5(10)11)6(2,12)4(8)9/h12-13H,3H2,1-2H3,(H,8,9)(H,10,11). The summed E-state index contributed by atoms with van der Waals surface area (Å²) in [5.41, 5.74) is -5.37. The van der Waals surface area contributed by atoms with Crippen molar-refractivity contribution >= 4 is 11.9 Å². The first-order chi connectivity index (χ1) is 5.70. The van der Waals surface area contributed by atoms with Gasteiger partial charge in [-0.05, 0) is 13.3 Å². The average molecular weight is 192 g/mol. The van der Waals surface area contributed by atoms with Crippen LogP contribution in [0, 0.1) is 0 Å². The summed E-state index contributed by atoms with van der Waals surface area (Å²) < 4.78 is 0. The molecule has 0 heterocycles. The fourth-order valence-electron chi connectivity index (χ4n) is 0.881. The maximum Gasteiger partial charge on any atom is 0.339 e. The summed E-state index contributed by atoms with van der Waals surface area (Å²) >= 11 is 0. The topological polar surface area (TPSA) is 115 Å². The van der Waals surface area contributed by atoms with Crippen LogP contribution in [0.5, 0.6) is 0 Å². The average Bonchev–Trinajstić information content (AvgIpc) is 2.01. The van der Waals surface area contributed by atoms with Gasteiger partial charge < -0.3 is 20.4 Å². The highest BCUT2D eigenvalue weighted by Gasteiger charge is 2.56. The van der Waals surface area contributed by atoms with Gasteiger partial charge in [-0.3, -0.25) is 0 Å². The maximum absolute atomic E-state index is 10.5. The Labute approximate surface area is 74.4 Å². The van der Waals surface area contributed by atoms with Crippen molar-refractivity contribution in [3.63, 3.8) is 0 Å². The van der Waals surface area contributed by atoms with Gasteiger partial charge in [0.2, 0.25) is 5.60 Å². The van der Waals surface area contributed by atoms with Gasteiger partial charge in [0.1, 0.15) is 0 Å². The van der Waals surface area contributed by atoms with Crippen molar-refractivity contribution in [3.05, 3.63) is 0 Å². The predicted molar refractivity (Wildman–Crippen MR) is 41.1 cm³/mol.